The lowest BCUT2D eigenvalue weighted by molar-refractivity contribution is 0.0946. The molecule has 5 heteroatoms. The highest BCUT2D eigenvalue weighted by molar-refractivity contribution is 5.94. The fourth-order valence-electron chi connectivity index (χ4n) is 3.98. The van der Waals surface area contributed by atoms with Gasteiger partial charge in [-0.2, -0.15) is 0 Å². The zero-order chi connectivity index (χ0) is 18.7. The van der Waals surface area contributed by atoms with E-state index in [4.69, 9.17) is 4.74 Å². The van der Waals surface area contributed by atoms with Gasteiger partial charge in [0, 0.05) is 25.2 Å². The number of likely N-dealkylation sites (tertiary alicyclic amines) is 2. The Morgan fingerprint density at radius 2 is 1.44 bits per heavy atom. The van der Waals surface area contributed by atoms with Crippen molar-refractivity contribution in [3.63, 3.8) is 0 Å². The number of nitrogens with one attached hydrogen (secondary N) is 1. The van der Waals surface area contributed by atoms with Crippen LogP contribution >= 0.6 is 0 Å². The predicted molar refractivity (Wildman–Crippen MR) is 109 cm³/mol. The van der Waals surface area contributed by atoms with E-state index in [0.29, 0.717) is 12.1 Å². The van der Waals surface area contributed by atoms with Crippen LogP contribution in [-0.2, 0) is 0 Å². The Kier molecular flexibility index (Phi) is 8.43. The molecular formula is C22H35N3O2. The molecule has 1 aromatic carbocycles. The van der Waals surface area contributed by atoms with E-state index in [9.17, 15) is 4.79 Å². The topological polar surface area (TPSA) is 44.8 Å². The van der Waals surface area contributed by atoms with Crippen molar-refractivity contribution in [2.75, 3.05) is 52.4 Å². The van der Waals surface area contributed by atoms with Crippen LogP contribution in [0.25, 0.3) is 0 Å². The second-order valence-corrected chi connectivity index (χ2v) is 7.79. The average molecular weight is 374 g/mol. The van der Waals surface area contributed by atoms with Crippen molar-refractivity contribution < 1.29 is 9.53 Å². The van der Waals surface area contributed by atoms with Crippen LogP contribution in [0.1, 0.15) is 55.3 Å². The van der Waals surface area contributed by atoms with E-state index in [0.717, 1.165) is 31.9 Å². The molecule has 2 heterocycles. The molecule has 2 saturated heterocycles. The van der Waals surface area contributed by atoms with Crippen LogP contribution in [0, 0.1) is 0 Å². The Labute approximate surface area is 164 Å². The molecular weight excluding hydrogens is 338 g/mol. The highest BCUT2D eigenvalue weighted by atomic mass is 16.5. The summed E-state index contributed by atoms with van der Waals surface area (Å²) >= 11 is 0. The van der Waals surface area contributed by atoms with Gasteiger partial charge in [0.2, 0.25) is 0 Å². The summed E-state index contributed by atoms with van der Waals surface area (Å²) in [5.41, 5.74) is 0.703. The number of ether oxygens (including phenoxy) is 1. The first kappa shape index (κ1) is 20.2. The van der Waals surface area contributed by atoms with Gasteiger partial charge in [-0.1, -0.05) is 12.8 Å². The molecule has 0 aromatic heterocycles. The first-order chi connectivity index (χ1) is 13.3. The monoisotopic (exact) mass is 373 g/mol. The maximum atomic E-state index is 12.3. The maximum Gasteiger partial charge on any atom is 0.251 e. The molecule has 0 bridgehead atoms. The van der Waals surface area contributed by atoms with Gasteiger partial charge in [-0.05, 0) is 82.5 Å². The SMILES string of the molecule is O=C(NCCN1CCCCC1)c1ccc(OCCCN2CCCCC2)cc1. The van der Waals surface area contributed by atoms with Crippen LogP contribution in [-0.4, -0.2) is 68.1 Å². The lowest BCUT2D eigenvalue weighted by atomic mass is 10.1. The summed E-state index contributed by atoms with van der Waals surface area (Å²) in [6.45, 7) is 8.33. The van der Waals surface area contributed by atoms with E-state index in [1.165, 1.54) is 64.7 Å². The number of rotatable bonds is 9. The number of carbonyl (C=O) groups excluding carboxylic acids is 1. The number of piperidine rings is 2. The minimum atomic E-state index is 0.00339. The first-order valence-electron chi connectivity index (χ1n) is 10.8. The second-order valence-electron chi connectivity index (χ2n) is 7.79. The van der Waals surface area contributed by atoms with Crippen LogP contribution in [0.3, 0.4) is 0 Å². The van der Waals surface area contributed by atoms with Crippen molar-refractivity contribution in [3.8, 4) is 5.75 Å². The van der Waals surface area contributed by atoms with Crippen molar-refractivity contribution in [3.05, 3.63) is 29.8 Å². The third-order valence-corrected chi connectivity index (χ3v) is 5.61. The molecule has 0 aliphatic carbocycles. The maximum absolute atomic E-state index is 12.3. The third kappa shape index (κ3) is 7.15. The van der Waals surface area contributed by atoms with Crippen molar-refractivity contribution in [2.45, 2.75) is 44.9 Å². The van der Waals surface area contributed by atoms with Crippen molar-refractivity contribution in [1.82, 2.24) is 15.1 Å². The number of carbonyl (C=O) groups is 1. The first-order valence-corrected chi connectivity index (χ1v) is 10.8. The number of amides is 1. The predicted octanol–water partition coefficient (Wildman–Crippen LogP) is 3.16. The smallest absolute Gasteiger partial charge is 0.251 e. The highest BCUT2D eigenvalue weighted by Crippen LogP contribution is 2.13. The minimum Gasteiger partial charge on any atom is -0.494 e. The quantitative estimate of drug-likeness (QED) is 0.676. The van der Waals surface area contributed by atoms with Crippen LogP contribution in [0.2, 0.25) is 0 Å². The lowest BCUT2D eigenvalue weighted by Gasteiger charge is -2.26. The van der Waals surface area contributed by atoms with Gasteiger partial charge in [0.1, 0.15) is 5.75 Å². The van der Waals surface area contributed by atoms with Gasteiger partial charge in [0.15, 0.2) is 0 Å². The van der Waals surface area contributed by atoms with E-state index in [1.807, 2.05) is 24.3 Å². The minimum absolute atomic E-state index is 0.00339. The van der Waals surface area contributed by atoms with Crippen LogP contribution in [0.15, 0.2) is 24.3 Å². The Balaban J connectivity index is 1.30. The average Bonchev–Trinajstić information content (AvgIpc) is 2.73. The molecule has 3 rings (SSSR count). The summed E-state index contributed by atoms with van der Waals surface area (Å²) in [5, 5.41) is 3.03. The Morgan fingerprint density at radius 1 is 0.852 bits per heavy atom. The normalized spacial score (nSPS) is 19.0. The highest BCUT2D eigenvalue weighted by Gasteiger charge is 2.11. The molecule has 5 nitrogen and oxygen atoms in total. The molecule has 1 amide bonds. The van der Waals surface area contributed by atoms with Crippen molar-refractivity contribution in [2.24, 2.45) is 0 Å². The number of benzene rings is 1. The Bertz CT molecular complexity index is 549. The van der Waals surface area contributed by atoms with E-state index in [1.54, 1.807) is 0 Å². The lowest BCUT2D eigenvalue weighted by Crippen LogP contribution is -2.37. The summed E-state index contributed by atoms with van der Waals surface area (Å²) in [4.78, 5) is 17.2. The fraction of sp³-hybridized carbons (Fsp3) is 0.682. The molecule has 0 unspecified atom stereocenters. The van der Waals surface area contributed by atoms with Crippen LogP contribution in [0.4, 0.5) is 0 Å². The number of hydrogen-bond donors (Lipinski definition) is 1. The molecule has 2 fully saturated rings. The molecule has 0 spiro atoms. The zero-order valence-electron chi connectivity index (χ0n) is 16.6. The van der Waals surface area contributed by atoms with Gasteiger partial charge in [-0.15, -0.1) is 0 Å². The summed E-state index contributed by atoms with van der Waals surface area (Å²) < 4.78 is 5.83. The Hall–Kier alpha value is -1.59. The van der Waals surface area contributed by atoms with E-state index in [-0.39, 0.29) is 5.91 Å². The van der Waals surface area contributed by atoms with E-state index < -0.39 is 0 Å². The third-order valence-electron chi connectivity index (χ3n) is 5.61. The van der Waals surface area contributed by atoms with Crippen molar-refractivity contribution >= 4 is 5.91 Å². The second kappa shape index (κ2) is 11.3. The van der Waals surface area contributed by atoms with Gasteiger partial charge in [-0.3, -0.25) is 4.79 Å². The molecule has 0 saturated carbocycles. The standard InChI is InChI=1S/C22H35N3O2/c26-22(23-12-18-25-15-5-2-6-16-25)20-8-10-21(11-9-20)27-19-7-17-24-13-3-1-4-14-24/h8-11H,1-7,12-19H2,(H,23,26). The molecule has 2 aliphatic heterocycles. The van der Waals surface area contributed by atoms with Gasteiger partial charge in [0.25, 0.3) is 5.91 Å². The molecule has 0 radical (unpaired) electrons. The van der Waals surface area contributed by atoms with E-state index in [2.05, 4.69) is 15.1 Å². The molecule has 0 atom stereocenters. The summed E-state index contributed by atoms with van der Waals surface area (Å²) in [5.74, 6) is 0.849. The van der Waals surface area contributed by atoms with Crippen LogP contribution < -0.4 is 10.1 Å². The van der Waals surface area contributed by atoms with Gasteiger partial charge >= 0.3 is 0 Å². The van der Waals surface area contributed by atoms with Gasteiger partial charge in [-0.25, -0.2) is 0 Å². The molecule has 27 heavy (non-hydrogen) atoms. The summed E-state index contributed by atoms with van der Waals surface area (Å²) in [6.07, 6.45) is 9.02. The number of hydrogen-bond acceptors (Lipinski definition) is 4. The van der Waals surface area contributed by atoms with Crippen LogP contribution in [0.5, 0.6) is 5.75 Å². The van der Waals surface area contributed by atoms with Crippen molar-refractivity contribution in [1.29, 1.82) is 0 Å². The van der Waals surface area contributed by atoms with Gasteiger partial charge in [0.05, 0.1) is 6.61 Å². The Morgan fingerprint density at radius 3 is 2.07 bits per heavy atom. The molecule has 2 aliphatic rings. The summed E-state index contributed by atoms with van der Waals surface area (Å²) in [6, 6.07) is 7.52. The molecule has 1 aromatic rings. The fourth-order valence-corrected chi connectivity index (χ4v) is 3.98. The summed E-state index contributed by atoms with van der Waals surface area (Å²) in [7, 11) is 0. The molecule has 1 N–H and O–H groups in total. The largest absolute Gasteiger partial charge is 0.494 e. The van der Waals surface area contributed by atoms with Gasteiger partial charge < -0.3 is 19.9 Å². The molecule has 150 valence electrons. The zero-order valence-corrected chi connectivity index (χ0v) is 16.6. The number of nitrogens with zero attached hydrogens (tertiary/aromatic N) is 2. The van der Waals surface area contributed by atoms with E-state index >= 15 is 0 Å².